The van der Waals surface area contributed by atoms with Crippen molar-refractivity contribution in [3.8, 4) is 5.75 Å². The Morgan fingerprint density at radius 2 is 1.59 bits per heavy atom. The van der Waals surface area contributed by atoms with Gasteiger partial charge in [-0.15, -0.1) is 0 Å². The maximum atomic E-state index is 15.0. The molecule has 2 aliphatic heterocycles. The maximum Gasteiger partial charge on any atom is 0.421 e. The summed E-state index contributed by atoms with van der Waals surface area (Å²) in [4.78, 5) is 71.3. The Kier molecular flexibility index (Phi) is 7.14. The Morgan fingerprint density at radius 3 is 2.30 bits per heavy atom. The molecule has 2 amide bonds. The molecule has 0 aromatic heterocycles. The molecular formula is C35H33NO8. The molecule has 0 saturated heterocycles. The van der Waals surface area contributed by atoms with Crippen molar-refractivity contribution >= 4 is 35.2 Å². The average Bonchev–Trinajstić information content (AvgIpc) is 3.24. The van der Waals surface area contributed by atoms with E-state index in [0.717, 1.165) is 4.90 Å². The molecular weight excluding hydrogens is 562 g/mol. The van der Waals surface area contributed by atoms with Crippen LogP contribution in [0.5, 0.6) is 5.75 Å². The fourth-order valence-electron chi connectivity index (χ4n) is 7.10. The largest absolute Gasteiger partial charge is 0.488 e. The van der Waals surface area contributed by atoms with Crippen LogP contribution in [0, 0.1) is 11.8 Å². The number of carbonyl (C=O) groups is 5. The number of hydrogen-bond acceptors (Lipinski definition) is 8. The highest BCUT2D eigenvalue weighted by molar-refractivity contribution is 6.35. The van der Waals surface area contributed by atoms with Crippen molar-refractivity contribution in [2.75, 3.05) is 11.5 Å². The summed E-state index contributed by atoms with van der Waals surface area (Å²) in [6.07, 6.45) is -2.00. The number of carbonyl (C=O) groups excluding carboxylic acids is 5. The molecule has 44 heavy (non-hydrogen) atoms. The van der Waals surface area contributed by atoms with Gasteiger partial charge in [-0.25, -0.2) is 14.5 Å². The number of anilines is 1. The van der Waals surface area contributed by atoms with Crippen LogP contribution in [0.3, 0.4) is 0 Å². The van der Waals surface area contributed by atoms with Gasteiger partial charge >= 0.3 is 12.1 Å². The molecule has 1 spiro atoms. The first-order valence-electron chi connectivity index (χ1n) is 14.7. The lowest BCUT2D eigenvalue weighted by atomic mass is 9.51. The second kappa shape index (κ2) is 10.7. The van der Waals surface area contributed by atoms with Crippen LogP contribution < -0.4 is 9.64 Å². The van der Waals surface area contributed by atoms with Crippen molar-refractivity contribution in [1.29, 1.82) is 0 Å². The zero-order valence-electron chi connectivity index (χ0n) is 24.9. The highest BCUT2D eigenvalue weighted by Gasteiger charge is 2.68. The molecule has 0 radical (unpaired) electrons. The zero-order chi connectivity index (χ0) is 31.4. The van der Waals surface area contributed by atoms with Crippen LogP contribution >= 0.6 is 0 Å². The number of para-hydroxylation sites is 2. The van der Waals surface area contributed by atoms with Crippen LogP contribution in [0.4, 0.5) is 10.5 Å². The number of ether oxygens (including phenoxy) is 3. The summed E-state index contributed by atoms with van der Waals surface area (Å²) in [6.45, 7) is 6.67. The van der Waals surface area contributed by atoms with Gasteiger partial charge in [0.1, 0.15) is 17.5 Å². The van der Waals surface area contributed by atoms with Crippen molar-refractivity contribution in [1.82, 2.24) is 0 Å². The SMILES string of the molecule is CCOC(=O)C(=O)[C@@H]1[C@H]2Oc3ccccc3C(=O)[C@@H]2C[C@@]2(C(=O)N(C(=O)OC(C)(C)C)c3ccccc32)[C@H]1c1ccccc1. The highest BCUT2D eigenvalue weighted by Crippen LogP contribution is 2.61. The van der Waals surface area contributed by atoms with E-state index >= 15 is 0 Å². The normalized spacial score (nSPS) is 25.4. The van der Waals surface area contributed by atoms with Crippen LogP contribution in [0.2, 0.25) is 0 Å². The van der Waals surface area contributed by atoms with Gasteiger partial charge in [0.25, 0.3) is 0 Å². The lowest BCUT2D eigenvalue weighted by Gasteiger charge is -2.51. The van der Waals surface area contributed by atoms with E-state index < -0.39 is 58.6 Å². The third-order valence-electron chi connectivity index (χ3n) is 8.66. The Labute approximate surface area is 255 Å². The smallest absolute Gasteiger partial charge is 0.421 e. The summed E-state index contributed by atoms with van der Waals surface area (Å²) in [7, 11) is 0. The van der Waals surface area contributed by atoms with Crippen LogP contribution in [0.25, 0.3) is 0 Å². The number of imide groups is 1. The number of rotatable bonds is 4. The van der Waals surface area contributed by atoms with E-state index in [4.69, 9.17) is 14.2 Å². The molecule has 6 rings (SSSR count). The van der Waals surface area contributed by atoms with Gasteiger partial charge in [0, 0.05) is 5.92 Å². The van der Waals surface area contributed by atoms with Crippen molar-refractivity contribution in [3.05, 3.63) is 95.6 Å². The second-order valence-electron chi connectivity index (χ2n) is 12.4. The Bertz CT molecular complexity index is 1680. The molecule has 0 unspecified atom stereocenters. The zero-order valence-corrected chi connectivity index (χ0v) is 24.9. The fourth-order valence-corrected chi connectivity index (χ4v) is 7.10. The standard InChI is InChI=1S/C35H33NO8/c1-5-42-31(39)29(38)26-27(20-13-7-6-8-14-20)35(19-22-28(37)21-15-9-12-18-25(21)43-30(22)26)23-16-10-11-17-24(23)36(32(35)40)33(41)44-34(2,3)4/h6-18,22,26-27,30H,5,19H2,1-4H3/t22-,26+,27-,30-,35-/m0/s1. The molecule has 226 valence electrons. The van der Waals surface area contributed by atoms with Gasteiger partial charge in [0.2, 0.25) is 11.7 Å². The topological polar surface area (TPSA) is 116 Å². The molecule has 1 saturated carbocycles. The highest BCUT2D eigenvalue weighted by atomic mass is 16.6. The van der Waals surface area contributed by atoms with Crippen molar-refractivity contribution in [2.24, 2.45) is 11.8 Å². The number of amides is 2. The minimum atomic E-state index is -1.60. The Hall–Kier alpha value is -4.79. The molecule has 9 nitrogen and oxygen atoms in total. The summed E-state index contributed by atoms with van der Waals surface area (Å²) in [5, 5.41) is 0. The first kappa shape index (κ1) is 29.3. The Balaban J connectivity index is 1.63. The lowest BCUT2D eigenvalue weighted by molar-refractivity contribution is -0.160. The van der Waals surface area contributed by atoms with Crippen molar-refractivity contribution in [2.45, 2.75) is 57.2 Å². The second-order valence-corrected chi connectivity index (χ2v) is 12.4. The van der Waals surface area contributed by atoms with Crippen LogP contribution in [-0.4, -0.2) is 47.8 Å². The number of fused-ring (bicyclic) bond motifs is 4. The Morgan fingerprint density at radius 1 is 0.932 bits per heavy atom. The van der Waals surface area contributed by atoms with Crippen molar-refractivity contribution < 1.29 is 38.2 Å². The van der Waals surface area contributed by atoms with Crippen LogP contribution in [0.1, 0.15) is 61.5 Å². The molecule has 0 bridgehead atoms. The van der Waals surface area contributed by atoms with E-state index in [0.29, 0.717) is 28.1 Å². The molecule has 0 N–H and O–H groups in total. The molecule has 3 aliphatic rings. The lowest BCUT2D eigenvalue weighted by Crippen LogP contribution is -2.62. The number of benzene rings is 3. The van der Waals surface area contributed by atoms with Gasteiger partial charge in [0.05, 0.1) is 35.1 Å². The average molecular weight is 596 g/mol. The van der Waals surface area contributed by atoms with Gasteiger partial charge in [0.15, 0.2) is 5.78 Å². The van der Waals surface area contributed by atoms with E-state index in [1.807, 2.05) is 0 Å². The van der Waals surface area contributed by atoms with E-state index in [1.54, 1.807) is 107 Å². The van der Waals surface area contributed by atoms with Gasteiger partial charge in [-0.05, 0) is 63.4 Å². The number of ketones is 2. The van der Waals surface area contributed by atoms with Gasteiger partial charge in [-0.3, -0.25) is 14.4 Å². The monoisotopic (exact) mass is 595 g/mol. The predicted octanol–water partition coefficient (Wildman–Crippen LogP) is 5.40. The molecule has 1 aliphatic carbocycles. The molecule has 1 fully saturated rings. The molecule has 3 aromatic carbocycles. The van der Waals surface area contributed by atoms with Crippen LogP contribution in [0.15, 0.2) is 78.9 Å². The minimum absolute atomic E-state index is 0.0384. The maximum absolute atomic E-state index is 15.0. The minimum Gasteiger partial charge on any atom is -0.488 e. The number of hydrogen-bond donors (Lipinski definition) is 0. The summed E-state index contributed by atoms with van der Waals surface area (Å²) in [5.41, 5.74) is -0.828. The summed E-state index contributed by atoms with van der Waals surface area (Å²) in [5.74, 6) is -5.89. The van der Waals surface area contributed by atoms with E-state index in [1.165, 1.54) is 0 Å². The third kappa shape index (κ3) is 4.49. The first-order valence-corrected chi connectivity index (χ1v) is 14.7. The molecule has 5 atom stereocenters. The van der Waals surface area contributed by atoms with Gasteiger partial charge in [-0.2, -0.15) is 0 Å². The number of nitrogens with zero attached hydrogens (tertiary/aromatic N) is 1. The summed E-state index contributed by atoms with van der Waals surface area (Å²) < 4.78 is 17.3. The fraction of sp³-hybridized carbons (Fsp3) is 0.343. The van der Waals surface area contributed by atoms with E-state index in [-0.39, 0.29) is 18.8 Å². The summed E-state index contributed by atoms with van der Waals surface area (Å²) in [6, 6.07) is 22.5. The van der Waals surface area contributed by atoms with E-state index in [2.05, 4.69) is 0 Å². The molecule has 3 aromatic rings. The quantitative estimate of drug-likeness (QED) is 0.291. The van der Waals surface area contributed by atoms with E-state index in [9.17, 15) is 24.0 Å². The van der Waals surface area contributed by atoms with Crippen LogP contribution in [-0.2, 0) is 29.3 Å². The predicted molar refractivity (Wildman–Crippen MR) is 159 cm³/mol. The first-order chi connectivity index (χ1) is 21.0. The number of Topliss-reactive ketones (excluding diaryl/α,β-unsaturated/α-hetero) is 2. The van der Waals surface area contributed by atoms with Crippen molar-refractivity contribution in [3.63, 3.8) is 0 Å². The number of esters is 1. The molecule has 9 heteroatoms. The van der Waals surface area contributed by atoms with Gasteiger partial charge in [-0.1, -0.05) is 60.7 Å². The van der Waals surface area contributed by atoms with Gasteiger partial charge < -0.3 is 14.2 Å². The third-order valence-corrected chi connectivity index (χ3v) is 8.66. The summed E-state index contributed by atoms with van der Waals surface area (Å²) >= 11 is 0. The molecule has 2 heterocycles.